The molecule has 0 aliphatic heterocycles. The van der Waals surface area contributed by atoms with Crippen molar-refractivity contribution in [3.63, 3.8) is 0 Å². The number of aliphatic hydroxyl groups is 1. The lowest BCUT2D eigenvalue weighted by Crippen LogP contribution is -2.31. The van der Waals surface area contributed by atoms with Crippen LogP contribution in [0.3, 0.4) is 0 Å². The van der Waals surface area contributed by atoms with Crippen molar-refractivity contribution in [1.29, 1.82) is 0 Å². The minimum Gasteiger partial charge on any atom is -0.396 e. The molecule has 0 aromatic carbocycles. The van der Waals surface area contributed by atoms with Crippen molar-refractivity contribution in [2.45, 2.75) is 32.6 Å². The Bertz CT molecular complexity index is 210. The highest BCUT2D eigenvalue weighted by molar-refractivity contribution is 5.87. The van der Waals surface area contributed by atoms with E-state index in [1.165, 1.54) is 0 Å². The molecule has 1 saturated carbocycles. The molecule has 0 spiro atoms. The summed E-state index contributed by atoms with van der Waals surface area (Å²) in [6.07, 6.45) is 4.75. The van der Waals surface area contributed by atoms with Crippen LogP contribution in [0.15, 0.2) is 12.7 Å². The van der Waals surface area contributed by atoms with E-state index in [-0.39, 0.29) is 12.0 Å². The van der Waals surface area contributed by atoms with Crippen molar-refractivity contribution in [1.82, 2.24) is 0 Å². The first-order valence-corrected chi connectivity index (χ1v) is 4.92. The topological polar surface area (TPSA) is 37.3 Å². The maximum absolute atomic E-state index is 11.7. The van der Waals surface area contributed by atoms with Crippen LogP contribution in [-0.4, -0.2) is 17.5 Å². The molecule has 1 N–H and O–H groups in total. The Balaban J connectivity index is 2.85. The van der Waals surface area contributed by atoms with E-state index in [0.29, 0.717) is 31.0 Å². The third kappa shape index (κ3) is 1.68. The third-order valence-electron chi connectivity index (χ3n) is 3.37. The van der Waals surface area contributed by atoms with Crippen molar-refractivity contribution < 1.29 is 9.90 Å². The van der Waals surface area contributed by atoms with Gasteiger partial charge in [0.05, 0.1) is 0 Å². The summed E-state index contributed by atoms with van der Waals surface area (Å²) in [6.45, 7) is 5.89. The summed E-state index contributed by atoms with van der Waals surface area (Å²) in [5.74, 6) is 0.708. The van der Waals surface area contributed by atoms with Crippen LogP contribution in [0.5, 0.6) is 0 Å². The van der Waals surface area contributed by atoms with Gasteiger partial charge in [0.15, 0.2) is 0 Å². The summed E-state index contributed by atoms with van der Waals surface area (Å²) in [6, 6.07) is 0. The number of allylic oxidation sites excluding steroid dienone is 1. The maximum atomic E-state index is 11.7. The number of hydrogen-bond acceptors (Lipinski definition) is 2. The molecule has 1 fully saturated rings. The van der Waals surface area contributed by atoms with E-state index in [2.05, 4.69) is 13.5 Å². The first kappa shape index (κ1) is 10.5. The Hall–Kier alpha value is -0.630. The number of ketones is 1. The molecule has 2 heteroatoms. The minimum atomic E-state index is -0.295. The van der Waals surface area contributed by atoms with Crippen LogP contribution < -0.4 is 0 Å². The molecular formula is C11H18O2. The fourth-order valence-electron chi connectivity index (χ4n) is 2.41. The van der Waals surface area contributed by atoms with Gasteiger partial charge in [0, 0.05) is 18.4 Å². The van der Waals surface area contributed by atoms with Crippen LogP contribution in [0.4, 0.5) is 0 Å². The molecule has 0 amide bonds. The van der Waals surface area contributed by atoms with Gasteiger partial charge < -0.3 is 5.11 Å². The highest BCUT2D eigenvalue weighted by atomic mass is 16.3. The molecule has 2 atom stereocenters. The Morgan fingerprint density at radius 2 is 2.46 bits per heavy atom. The van der Waals surface area contributed by atoms with Crippen molar-refractivity contribution in [2.24, 2.45) is 11.3 Å². The molecule has 2 nitrogen and oxygen atoms in total. The number of aliphatic hydroxyl groups excluding tert-OH is 1. The lowest BCUT2D eigenvalue weighted by Gasteiger charge is -2.30. The summed E-state index contributed by atoms with van der Waals surface area (Å²) < 4.78 is 0. The van der Waals surface area contributed by atoms with E-state index in [0.717, 1.165) is 6.42 Å². The van der Waals surface area contributed by atoms with Gasteiger partial charge in [0.2, 0.25) is 0 Å². The second-order valence-corrected chi connectivity index (χ2v) is 3.99. The molecule has 13 heavy (non-hydrogen) atoms. The van der Waals surface area contributed by atoms with Crippen LogP contribution in [0.1, 0.15) is 32.6 Å². The largest absolute Gasteiger partial charge is 0.396 e. The third-order valence-corrected chi connectivity index (χ3v) is 3.37. The van der Waals surface area contributed by atoms with Crippen LogP contribution in [0, 0.1) is 11.3 Å². The van der Waals surface area contributed by atoms with Gasteiger partial charge in [-0.3, -0.25) is 4.79 Å². The predicted octanol–water partition coefficient (Wildman–Crippen LogP) is 1.93. The van der Waals surface area contributed by atoms with E-state index in [4.69, 9.17) is 5.11 Å². The molecule has 0 bridgehead atoms. The standard InChI is InChI=1S/C11H18O2/c1-3-6-11(7-8-12)9(2)4-5-10(11)13/h3,9,12H,1,4-8H2,2H3. The monoisotopic (exact) mass is 182 g/mol. The molecule has 0 heterocycles. The van der Waals surface area contributed by atoms with Gasteiger partial charge in [-0.05, 0) is 25.2 Å². The molecular weight excluding hydrogens is 164 g/mol. The van der Waals surface area contributed by atoms with E-state index in [1.807, 2.05) is 0 Å². The van der Waals surface area contributed by atoms with Gasteiger partial charge in [-0.25, -0.2) is 0 Å². The second kappa shape index (κ2) is 4.05. The molecule has 2 unspecified atom stereocenters. The van der Waals surface area contributed by atoms with Gasteiger partial charge in [-0.15, -0.1) is 6.58 Å². The highest BCUT2D eigenvalue weighted by Crippen LogP contribution is 2.45. The molecule has 0 aromatic heterocycles. The zero-order valence-electron chi connectivity index (χ0n) is 8.25. The zero-order valence-corrected chi connectivity index (χ0v) is 8.25. The van der Waals surface area contributed by atoms with E-state index < -0.39 is 0 Å². The van der Waals surface area contributed by atoms with Crippen molar-refractivity contribution in [3.05, 3.63) is 12.7 Å². The lowest BCUT2D eigenvalue weighted by molar-refractivity contribution is -0.127. The summed E-state index contributed by atoms with van der Waals surface area (Å²) in [4.78, 5) is 11.7. The molecule has 0 saturated heterocycles. The quantitative estimate of drug-likeness (QED) is 0.674. The van der Waals surface area contributed by atoms with Crippen LogP contribution in [-0.2, 0) is 4.79 Å². The number of carbonyl (C=O) groups is 1. The normalized spacial score (nSPS) is 33.7. The SMILES string of the molecule is C=CCC1(CCO)C(=O)CCC1C. The first-order chi connectivity index (χ1) is 6.17. The number of hydrogen-bond donors (Lipinski definition) is 1. The summed E-state index contributed by atoms with van der Waals surface area (Å²) in [5.41, 5.74) is -0.295. The van der Waals surface area contributed by atoms with Gasteiger partial charge in [0.1, 0.15) is 5.78 Å². The number of carbonyl (C=O) groups excluding carboxylic acids is 1. The number of Topliss-reactive ketones (excluding diaryl/α,β-unsaturated/α-hetero) is 1. The Morgan fingerprint density at radius 1 is 1.77 bits per heavy atom. The van der Waals surface area contributed by atoms with Gasteiger partial charge in [-0.2, -0.15) is 0 Å². The van der Waals surface area contributed by atoms with Crippen LogP contribution >= 0.6 is 0 Å². The summed E-state index contributed by atoms with van der Waals surface area (Å²) in [7, 11) is 0. The van der Waals surface area contributed by atoms with Gasteiger partial charge in [-0.1, -0.05) is 13.0 Å². The molecule has 0 radical (unpaired) electrons. The molecule has 1 rings (SSSR count). The molecule has 1 aliphatic carbocycles. The molecule has 0 aromatic rings. The average molecular weight is 182 g/mol. The van der Waals surface area contributed by atoms with E-state index in [9.17, 15) is 4.79 Å². The maximum Gasteiger partial charge on any atom is 0.139 e. The van der Waals surface area contributed by atoms with Crippen LogP contribution in [0.25, 0.3) is 0 Å². The average Bonchev–Trinajstić information content (AvgIpc) is 2.35. The van der Waals surface area contributed by atoms with Gasteiger partial charge >= 0.3 is 0 Å². The summed E-state index contributed by atoms with van der Waals surface area (Å²) >= 11 is 0. The van der Waals surface area contributed by atoms with Crippen LogP contribution in [0.2, 0.25) is 0 Å². The molecule has 1 aliphatic rings. The Kier molecular flexibility index (Phi) is 3.26. The van der Waals surface area contributed by atoms with E-state index in [1.54, 1.807) is 6.08 Å². The highest BCUT2D eigenvalue weighted by Gasteiger charge is 2.45. The fraction of sp³-hybridized carbons (Fsp3) is 0.727. The molecule has 74 valence electrons. The van der Waals surface area contributed by atoms with E-state index >= 15 is 0 Å². The Morgan fingerprint density at radius 3 is 2.85 bits per heavy atom. The Labute approximate surface area is 79.6 Å². The predicted molar refractivity (Wildman–Crippen MR) is 52.4 cm³/mol. The smallest absolute Gasteiger partial charge is 0.139 e. The minimum absolute atomic E-state index is 0.101. The number of rotatable bonds is 4. The summed E-state index contributed by atoms with van der Waals surface area (Å²) in [5, 5.41) is 8.97. The van der Waals surface area contributed by atoms with Crippen molar-refractivity contribution in [3.8, 4) is 0 Å². The van der Waals surface area contributed by atoms with Gasteiger partial charge in [0.25, 0.3) is 0 Å². The fourth-order valence-corrected chi connectivity index (χ4v) is 2.41. The zero-order chi connectivity index (χ0) is 9.90. The lowest BCUT2D eigenvalue weighted by atomic mass is 9.73. The van der Waals surface area contributed by atoms with Crippen molar-refractivity contribution >= 4 is 5.78 Å². The first-order valence-electron chi connectivity index (χ1n) is 4.92. The second-order valence-electron chi connectivity index (χ2n) is 3.99. The van der Waals surface area contributed by atoms with Crippen molar-refractivity contribution in [2.75, 3.05) is 6.61 Å².